The zero-order valence-corrected chi connectivity index (χ0v) is 12.9. The van der Waals surface area contributed by atoms with Gasteiger partial charge in [0.2, 0.25) is 0 Å². The summed E-state index contributed by atoms with van der Waals surface area (Å²) < 4.78 is 0. The van der Waals surface area contributed by atoms with Gasteiger partial charge in [-0.1, -0.05) is 23.7 Å². The number of halogens is 1. The van der Waals surface area contributed by atoms with E-state index in [0.29, 0.717) is 13.1 Å². The summed E-state index contributed by atoms with van der Waals surface area (Å²) in [5.41, 5.74) is 3.08. The second-order valence-corrected chi connectivity index (χ2v) is 5.36. The molecule has 21 heavy (non-hydrogen) atoms. The molecule has 0 aliphatic rings. The van der Waals surface area contributed by atoms with E-state index in [1.165, 1.54) is 0 Å². The van der Waals surface area contributed by atoms with E-state index in [4.69, 9.17) is 11.6 Å². The van der Waals surface area contributed by atoms with Crippen molar-refractivity contribution in [1.82, 2.24) is 15.2 Å². The highest BCUT2D eigenvalue weighted by Crippen LogP contribution is 2.16. The molecule has 0 saturated heterocycles. The lowest BCUT2D eigenvalue weighted by atomic mass is 10.1. The van der Waals surface area contributed by atoms with E-state index in [9.17, 15) is 4.79 Å². The van der Waals surface area contributed by atoms with Gasteiger partial charge in [0.15, 0.2) is 0 Å². The van der Waals surface area contributed by atoms with Crippen molar-refractivity contribution in [2.45, 2.75) is 20.0 Å². The number of hydrogen-bond acceptors (Lipinski definition) is 2. The first-order valence-electron chi connectivity index (χ1n) is 6.69. The minimum absolute atomic E-state index is 0.112. The summed E-state index contributed by atoms with van der Waals surface area (Å²) in [5.74, 6) is 0. The number of hydrogen-bond donors (Lipinski definition) is 1. The number of carbonyl (C=O) groups is 1. The van der Waals surface area contributed by atoms with Crippen LogP contribution in [0.15, 0.2) is 42.7 Å². The lowest BCUT2D eigenvalue weighted by Crippen LogP contribution is -2.36. The van der Waals surface area contributed by atoms with Gasteiger partial charge in [0, 0.05) is 37.6 Å². The number of aryl methyl sites for hydroxylation is 1. The number of aromatic nitrogens is 1. The maximum atomic E-state index is 12.0. The highest BCUT2D eigenvalue weighted by molar-refractivity contribution is 6.31. The summed E-state index contributed by atoms with van der Waals surface area (Å²) in [7, 11) is 1.77. The second-order valence-electron chi connectivity index (χ2n) is 4.95. The standard InChI is InChI=1S/C16H18ClN3O/c1-12-9-14(3-4-15(12)17)10-19-16(21)20(2)11-13-5-7-18-8-6-13/h3-9H,10-11H2,1-2H3,(H,19,21). The summed E-state index contributed by atoms with van der Waals surface area (Å²) >= 11 is 5.98. The van der Waals surface area contributed by atoms with Gasteiger partial charge >= 0.3 is 6.03 Å². The fraction of sp³-hybridized carbons (Fsp3) is 0.250. The molecule has 5 heteroatoms. The van der Waals surface area contributed by atoms with Crippen molar-refractivity contribution in [2.75, 3.05) is 7.05 Å². The maximum Gasteiger partial charge on any atom is 0.317 e. The van der Waals surface area contributed by atoms with Crippen LogP contribution in [0.1, 0.15) is 16.7 Å². The van der Waals surface area contributed by atoms with Crippen LogP contribution in [0.5, 0.6) is 0 Å². The summed E-state index contributed by atoms with van der Waals surface area (Å²) in [6, 6.07) is 9.42. The van der Waals surface area contributed by atoms with Crippen molar-refractivity contribution in [3.8, 4) is 0 Å². The Hall–Kier alpha value is -2.07. The second kappa shape index (κ2) is 7.09. The van der Waals surface area contributed by atoms with Crippen molar-refractivity contribution in [1.29, 1.82) is 0 Å². The molecule has 0 bridgehead atoms. The van der Waals surface area contributed by atoms with Gasteiger partial charge in [0.1, 0.15) is 0 Å². The van der Waals surface area contributed by atoms with Gasteiger partial charge in [-0.3, -0.25) is 4.98 Å². The van der Waals surface area contributed by atoms with Gasteiger partial charge in [-0.05, 0) is 41.8 Å². The Morgan fingerprint density at radius 3 is 2.62 bits per heavy atom. The van der Waals surface area contributed by atoms with Crippen molar-refractivity contribution in [2.24, 2.45) is 0 Å². The Morgan fingerprint density at radius 2 is 1.95 bits per heavy atom. The molecule has 2 aromatic rings. The highest BCUT2D eigenvalue weighted by Gasteiger charge is 2.08. The van der Waals surface area contributed by atoms with Crippen molar-refractivity contribution < 1.29 is 4.79 Å². The molecule has 0 spiro atoms. The summed E-state index contributed by atoms with van der Waals surface area (Å²) in [6.07, 6.45) is 3.44. The zero-order chi connectivity index (χ0) is 15.2. The molecule has 110 valence electrons. The van der Waals surface area contributed by atoms with Gasteiger partial charge < -0.3 is 10.2 Å². The van der Waals surface area contributed by atoms with Crippen LogP contribution < -0.4 is 5.32 Å². The van der Waals surface area contributed by atoms with E-state index in [0.717, 1.165) is 21.7 Å². The van der Waals surface area contributed by atoms with Crippen molar-refractivity contribution in [3.63, 3.8) is 0 Å². The van der Waals surface area contributed by atoms with E-state index in [1.54, 1.807) is 24.3 Å². The van der Waals surface area contributed by atoms with Gasteiger partial charge in [0.25, 0.3) is 0 Å². The third-order valence-electron chi connectivity index (χ3n) is 3.18. The molecular formula is C16H18ClN3O. The normalized spacial score (nSPS) is 10.2. The van der Waals surface area contributed by atoms with Crippen LogP contribution in [0.2, 0.25) is 5.02 Å². The lowest BCUT2D eigenvalue weighted by Gasteiger charge is -2.18. The third-order valence-corrected chi connectivity index (χ3v) is 3.61. The average Bonchev–Trinajstić information content (AvgIpc) is 2.49. The molecule has 0 fully saturated rings. The van der Waals surface area contributed by atoms with Crippen LogP contribution in [-0.2, 0) is 13.1 Å². The maximum absolute atomic E-state index is 12.0. The van der Waals surface area contributed by atoms with Crippen LogP contribution in [-0.4, -0.2) is 23.0 Å². The molecule has 0 saturated carbocycles. The van der Waals surface area contributed by atoms with Crippen LogP contribution >= 0.6 is 11.6 Å². The predicted octanol–water partition coefficient (Wildman–Crippen LogP) is 3.39. The number of nitrogens with one attached hydrogen (secondary N) is 1. The number of benzene rings is 1. The topological polar surface area (TPSA) is 45.2 Å². The molecule has 2 amide bonds. The predicted molar refractivity (Wildman–Crippen MR) is 84.1 cm³/mol. The number of pyridine rings is 1. The van der Waals surface area contributed by atoms with Gasteiger partial charge in [-0.25, -0.2) is 4.79 Å². The fourth-order valence-corrected chi connectivity index (χ4v) is 2.08. The summed E-state index contributed by atoms with van der Waals surface area (Å²) in [6.45, 7) is 2.98. The molecule has 4 nitrogen and oxygen atoms in total. The Labute approximate surface area is 129 Å². The quantitative estimate of drug-likeness (QED) is 0.941. The van der Waals surface area contributed by atoms with E-state index in [-0.39, 0.29) is 6.03 Å². The van der Waals surface area contributed by atoms with Crippen LogP contribution in [0, 0.1) is 6.92 Å². The molecule has 1 heterocycles. The number of rotatable bonds is 4. The molecule has 1 N–H and O–H groups in total. The number of nitrogens with zero attached hydrogens (tertiary/aromatic N) is 2. The van der Waals surface area contributed by atoms with E-state index >= 15 is 0 Å². The van der Waals surface area contributed by atoms with Gasteiger partial charge in [0.05, 0.1) is 0 Å². The molecule has 0 radical (unpaired) electrons. The summed E-state index contributed by atoms with van der Waals surface area (Å²) in [5, 5.41) is 3.63. The van der Waals surface area contributed by atoms with Crippen LogP contribution in [0.3, 0.4) is 0 Å². The minimum atomic E-state index is -0.112. The van der Waals surface area contributed by atoms with Gasteiger partial charge in [-0.2, -0.15) is 0 Å². The molecule has 0 aliphatic heterocycles. The molecule has 1 aromatic carbocycles. The Bertz CT molecular complexity index is 616. The van der Waals surface area contributed by atoms with Crippen LogP contribution in [0.4, 0.5) is 4.79 Å². The van der Waals surface area contributed by atoms with Crippen LogP contribution in [0.25, 0.3) is 0 Å². The Balaban J connectivity index is 1.87. The van der Waals surface area contributed by atoms with Crippen molar-refractivity contribution in [3.05, 3.63) is 64.4 Å². The lowest BCUT2D eigenvalue weighted by molar-refractivity contribution is 0.206. The number of amides is 2. The van der Waals surface area contributed by atoms with Gasteiger partial charge in [-0.15, -0.1) is 0 Å². The van der Waals surface area contributed by atoms with E-state index in [2.05, 4.69) is 10.3 Å². The van der Waals surface area contributed by atoms with Crippen molar-refractivity contribution >= 4 is 17.6 Å². The Kier molecular flexibility index (Phi) is 5.17. The Morgan fingerprint density at radius 1 is 1.24 bits per heavy atom. The summed E-state index contributed by atoms with van der Waals surface area (Å²) in [4.78, 5) is 17.6. The first kappa shape index (κ1) is 15.3. The first-order chi connectivity index (χ1) is 10.1. The largest absolute Gasteiger partial charge is 0.334 e. The molecule has 2 rings (SSSR count). The molecular weight excluding hydrogens is 286 g/mol. The smallest absolute Gasteiger partial charge is 0.317 e. The molecule has 1 aromatic heterocycles. The first-order valence-corrected chi connectivity index (χ1v) is 7.07. The number of urea groups is 1. The SMILES string of the molecule is Cc1cc(CNC(=O)N(C)Cc2ccncc2)ccc1Cl. The molecule has 0 atom stereocenters. The molecule has 0 unspecified atom stereocenters. The van der Waals surface area contributed by atoms with E-state index < -0.39 is 0 Å². The van der Waals surface area contributed by atoms with E-state index in [1.807, 2.05) is 37.3 Å². The fourth-order valence-electron chi connectivity index (χ4n) is 1.96. The third kappa shape index (κ3) is 4.46. The highest BCUT2D eigenvalue weighted by atomic mass is 35.5. The average molecular weight is 304 g/mol. The zero-order valence-electron chi connectivity index (χ0n) is 12.1. The minimum Gasteiger partial charge on any atom is -0.334 e. The monoisotopic (exact) mass is 303 g/mol. The number of carbonyl (C=O) groups excluding carboxylic acids is 1. The molecule has 0 aliphatic carbocycles.